The van der Waals surface area contributed by atoms with Gasteiger partial charge < -0.3 is 0 Å². The van der Waals surface area contributed by atoms with E-state index >= 15 is 0 Å². The van der Waals surface area contributed by atoms with Gasteiger partial charge in [0.2, 0.25) is 0 Å². The molecule has 1 aliphatic heterocycles. The Labute approximate surface area is 174 Å². The third-order valence-electron chi connectivity index (χ3n) is 6.17. The lowest BCUT2D eigenvalue weighted by Gasteiger charge is -2.35. The van der Waals surface area contributed by atoms with Gasteiger partial charge in [-0.25, -0.2) is 4.79 Å². The molecular weight excluding hydrogens is 376 g/mol. The molecule has 0 radical (unpaired) electrons. The van der Waals surface area contributed by atoms with Crippen molar-refractivity contribution in [3.63, 3.8) is 0 Å². The molecule has 1 saturated heterocycles. The van der Waals surface area contributed by atoms with Gasteiger partial charge in [-0.05, 0) is 52.1 Å². The zero-order chi connectivity index (χ0) is 20.7. The number of nitrogens with one attached hydrogen (secondary N) is 1. The summed E-state index contributed by atoms with van der Waals surface area (Å²) in [6, 6.07) is 17.2. The third-order valence-corrected chi connectivity index (χ3v) is 6.17. The van der Waals surface area contributed by atoms with Crippen molar-refractivity contribution in [2.45, 2.75) is 38.1 Å². The lowest BCUT2D eigenvalue weighted by atomic mass is 9.92. The highest BCUT2D eigenvalue weighted by Gasteiger charge is 2.40. The van der Waals surface area contributed by atoms with E-state index in [1.54, 1.807) is 6.08 Å². The molecule has 2 fully saturated rings. The number of hydrogen-bond donors (Lipinski definition) is 1. The van der Waals surface area contributed by atoms with Gasteiger partial charge in [0.1, 0.15) is 5.57 Å². The van der Waals surface area contributed by atoms with Gasteiger partial charge in [-0.2, -0.15) is 0 Å². The minimum absolute atomic E-state index is 0.0154. The number of carbonyl (C=O) groups is 3. The number of barbiturate groups is 1. The molecule has 4 amide bonds. The highest BCUT2D eigenvalue weighted by atomic mass is 16.2. The van der Waals surface area contributed by atoms with Crippen LogP contribution >= 0.6 is 0 Å². The second kappa shape index (κ2) is 7.41. The molecule has 3 aromatic rings. The number of amides is 4. The molecule has 2 aliphatic rings. The summed E-state index contributed by atoms with van der Waals surface area (Å²) in [6.45, 7) is 0. The summed E-state index contributed by atoms with van der Waals surface area (Å²) in [5.74, 6) is -1.12. The Kier molecular flexibility index (Phi) is 4.58. The number of urea groups is 1. The maximum Gasteiger partial charge on any atom is 0.331 e. The van der Waals surface area contributed by atoms with Crippen LogP contribution in [0, 0.1) is 0 Å². The van der Waals surface area contributed by atoms with Crippen molar-refractivity contribution in [2.75, 3.05) is 0 Å². The molecule has 150 valence electrons. The zero-order valence-electron chi connectivity index (χ0n) is 16.6. The maximum absolute atomic E-state index is 13.3. The van der Waals surface area contributed by atoms with Crippen LogP contribution in [0.5, 0.6) is 0 Å². The van der Waals surface area contributed by atoms with Crippen LogP contribution in [0.4, 0.5) is 4.79 Å². The van der Waals surface area contributed by atoms with Crippen LogP contribution in [0.2, 0.25) is 0 Å². The summed E-state index contributed by atoms with van der Waals surface area (Å²) in [6.07, 6.45) is 6.33. The number of rotatable bonds is 2. The number of imide groups is 2. The van der Waals surface area contributed by atoms with E-state index in [0.717, 1.165) is 59.2 Å². The maximum atomic E-state index is 13.3. The molecule has 0 unspecified atom stereocenters. The molecular formula is C25H22N2O3. The molecule has 0 aromatic heterocycles. The fraction of sp³-hybridized carbons (Fsp3) is 0.240. The van der Waals surface area contributed by atoms with Gasteiger partial charge in [-0.15, -0.1) is 0 Å². The van der Waals surface area contributed by atoms with E-state index in [1.165, 1.54) is 4.90 Å². The fourth-order valence-corrected chi connectivity index (χ4v) is 4.69. The van der Waals surface area contributed by atoms with E-state index in [0.29, 0.717) is 0 Å². The second-order valence-corrected chi connectivity index (χ2v) is 8.02. The second-order valence-electron chi connectivity index (χ2n) is 8.02. The van der Waals surface area contributed by atoms with E-state index in [4.69, 9.17) is 0 Å². The zero-order valence-corrected chi connectivity index (χ0v) is 16.6. The van der Waals surface area contributed by atoms with E-state index in [9.17, 15) is 14.4 Å². The molecule has 1 saturated carbocycles. The molecule has 5 rings (SSSR count). The quantitative estimate of drug-likeness (QED) is 0.383. The Morgan fingerprint density at radius 2 is 1.43 bits per heavy atom. The summed E-state index contributed by atoms with van der Waals surface area (Å²) >= 11 is 0. The monoisotopic (exact) mass is 398 g/mol. The largest absolute Gasteiger partial charge is 0.331 e. The first-order chi connectivity index (χ1) is 14.6. The summed E-state index contributed by atoms with van der Waals surface area (Å²) in [5, 5.41) is 6.38. The summed E-state index contributed by atoms with van der Waals surface area (Å²) in [5.41, 5.74) is 0.835. The van der Waals surface area contributed by atoms with Crippen molar-refractivity contribution < 1.29 is 14.4 Å². The summed E-state index contributed by atoms with van der Waals surface area (Å²) < 4.78 is 0. The smallest absolute Gasteiger partial charge is 0.273 e. The predicted octanol–water partition coefficient (Wildman–Crippen LogP) is 4.79. The van der Waals surface area contributed by atoms with E-state index in [2.05, 4.69) is 11.4 Å². The van der Waals surface area contributed by atoms with Crippen LogP contribution in [0.15, 0.2) is 60.2 Å². The Morgan fingerprint density at radius 3 is 2.07 bits per heavy atom. The summed E-state index contributed by atoms with van der Waals surface area (Å²) in [7, 11) is 0. The average molecular weight is 398 g/mol. The normalized spacial score (nSPS) is 19.7. The lowest BCUT2D eigenvalue weighted by molar-refractivity contribution is -0.132. The van der Waals surface area contributed by atoms with Gasteiger partial charge in [0.15, 0.2) is 0 Å². The fourth-order valence-electron chi connectivity index (χ4n) is 4.69. The van der Waals surface area contributed by atoms with Gasteiger partial charge >= 0.3 is 6.03 Å². The van der Waals surface area contributed by atoms with Gasteiger partial charge in [-0.1, -0.05) is 67.8 Å². The van der Waals surface area contributed by atoms with Gasteiger partial charge in [0, 0.05) is 6.04 Å². The molecule has 5 heteroatoms. The molecule has 1 aliphatic carbocycles. The van der Waals surface area contributed by atoms with Crippen molar-refractivity contribution >= 4 is 45.5 Å². The number of benzene rings is 3. The van der Waals surface area contributed by atoms with Crippen molar-refractivity contribution in [3.05, 3.63) is 65.7 Å². The number of carbonyl (C=O) groups excluding carboxylic acids is 3. The topological polar surface area (TPSA) is 66.5 Å². The SMILES string of the molecule is O=C1NC(=O)N(C2CCCCC2)C(=O)C1=Cc1c2ccccc2cc2ccccc12. The Morgan fingerprint density at radius 1 is 0.833 bits per heavy atom. The molecule has 0 spiro atoms. The van der Waals surface area contributed by atoms with E-state index in [-0.39, 0.29) is 11.6 Å². The standard InChI is InChI=1S/C25H22N2O3/c28-23-22(24(29)27(25(30)26-23)18-10-2-1-3-11-18)15-21-19-12-6-4-8-16(19)14-17-9-5-7-13-20(17)21/h4-9,12-15,18H,1-3,10-11H2,(H,26,28,30). The highest BCUT2D eigenvalue weighted by molar-refractivity contribution is 6.32. The molecule has 3 aromatic carbocycles. The predicted molar refractivity (Wildman–Crippen MR) is 117 cm³/mol. The van der Waals surface area contributed by atoms with Crippen LogP contribution in [0.1, 0.15) is 37.7 Å². The molecule has 5 nitrogen and oxygen atoms in total. The van der Waals surface area contributed by atoms with Crippen molar-refractivity contribution in [2.24, 2.45) is 0 Å². The molecule has 0 atom stereocenters. The van der Waals surface area contributed by atoms with Crippen molar-refractivity contribution in [1.29, 1.82) is 0 Å². The van der Waals surface area contributed by atoms with Crippen molar-refractivity contribution in [1.82, 2.24) is 10.2 Å². The average Bonchev–Trinajstić information content (AvgIpc) is 2.76. The Balaban J connectivity index is 1.67. The number of fused-ring (bicyclic) bond motifs is 2. The third kappa shape index (κ3) is 3.07. The van der Waals surface area contributed by atoms with Gasteiger partial charge in [0.25, 0.3) is 11.8 Å². The van der Waals surface area contributed by atoms with E-state index in [1.807, 2.05) is 48.5 Å². The first-order valence-electron chi connectivity index (χ1n) is 10.4. The molecule has 0 bridgehead atoms. The minimum atomic E-state index is -0.630. The first kappa shape index (κ1) is 18.6. The Hall–Kier alpha value is -3.47. The Bertz CT molecular complexity index is 1170. The molecule has 30 heavy (non-hydrogen) atoms. The van der Waals surface area contributed by atoms with Gasteiger partial charge in [0.05, 0.1) is 0 Å². The van der Waals surface area contributed by atoms with Crippen LogP contribution < -0.4 is 5.32 Å². The first-order valence-corrected chi connectivity index (χ1v) is 10.4. The van der Waals surface area contributed by atoms with Crippen molar-refractivity contribution in [3.8, 4) is 0 Å². The number of hydrogen-bond acceptors (Lipinski definition) is 3. The highest BCUT2D eigenvalue weighted by Crippen LogP contribution is 2.32. The van der Waals surface area contributed by atoms with Crippen LogP contribution in [-0.4, -0.2) is 28.8 Å². The van der Waals surface area contributed by atoms with Gasteiger partial charge in [-0.3, -0.25) is 19.8 Å². The number of nitrogens with zero attached hydrogens (tertiary/aromatic N) is 1. The lowest BCUT2D eigenvalue weighted by Crippen LogP contribution is -2.58. The molecule has 1 heterocycles. The molecule has 1 N–H and O–H groups in total. The minimum Gasteiger partial charge on any atom is -0.273 e. The van der Waals surface area contributed by atoms with Crippen LogP contribution in [0.25, 0.3) is 27.6 Å². The van der Waals surface area contributed by atoms with Crippen LogP contribution in [0.3, 0.4) is 0 Å². The summed E-state index contributed by atoms with van der Waals surface area (Å²) in [4.78, 5) is 39.7. The van der Waals surface area contributed by atoms with E-state index < -0.39 is 17.8 Å². The van der Waals surface area contributed by atoms with Crippen LogP contribution in [-0.2, 0) is 9.59 Å².